The summed E-state index contributed by atoms with van der Waals surface area (Å²) in [7, 11) is 0. The minimum atomic E-state index is -0.432. The van der Waals surface area contributed by atoms with Crippen molar-refractivity contribution in [3.63, 3.8) is 0 Å². The second kappa shape index (κ2) is 11.4. The van der Waals surface area contributed by atoms with Gasteiger partial charge in [0.2, 0.25) is 0 Å². The molecule has 2 rings (SSSR count). The Morgan fingerprint density at radius 2 is 1.50 bits per heavy atom. The zero-order valence-corrected chi connectivity index (χ0v) is 16.4. The largest absolute Gasteiger partial charge is 0.465 e. The van der Waals surface area contributed by atoms with Crippen molar-refractivity contribution in [3.8, 4) is 0 Å². The maximum Gasteiger partial charge on any atom is 0.330 e. The van der Waals surface area contributed by atoms with Gasteiger partial charge in [-0.2, -0.15) is 0 Å². The normalized spacial score (nSPS) is 29.0. The lowest BCUT2D eigenvalue weighted by Gasteiger charge is -2.37. The fraction of sp³-hybridized carbons (Fsp3) is 0.818. The van der Waals surface area contributed by atoms with Gasteiger partial charge in [-0.25, -0.2) is 4.79 Å². The Hall–Kier alpha value is -1.32. The van der Waals surface area contributed by atoms with Crippen LogP contribution in [0.1, 0.15) is 77.6 Å². The van der Waals surface area contributed by atoms with Crippen LogP contribution in [-0.4, -0.2) is 25.2 Å². The SMILES string of the molecule is C=CC(=O)OCCCOC(=O)C1CCC(C2CCC(CCC)CC2)CC1. The van der Waals surface area contributed by atoms with Crippen molar-refractivity contribution in [3.05, 3.63) is 12.7 Å². The van der Waals surface area contributed by atoms with Gasteiger partial charge >= 0.3 is 11.9 Å². The Morgan fingerprint density at radius 1 is 0.923 bits per heavy atom. The summed E-state index contributed by atoms with van der Waals surface area (Å²) in [5, 5.41) is 0. The van der Waals surface area contributed by atoms with Gasteiger partial charge in [-0.15, -0.1) is 0 Å². The van der Waals surface area contributed by atoms with Crippen molar-refractivity contribution in [2.24, 2.45) is 23.7 Å². The summed E-state index contributed by atoms with van der Waals surface area (Å²) >= 11 is 0. The van der Waals surface area contributed by atoms with Gasteiger partial charge in [0.1, 0.15) is 0 Å². The Kier molecular flexibility index (Phi) is 9.21. The second-order valence-corrected chi connectivity index (χ2v) is 8.07. The molecule has 0 aromatic rings. The van der Waals surface area contributed by atoms with E-state index in [4.69, 9.17) is 9.47 Å². The van der Waals surface area contributed by atoms with E-state index >= 15 is 0 Å². The summed E-state index contributed by atoms with van der Waals surface area (Å²) in [4.78, 5) is 23.1. The molecule has 4 heteroatoms. The molecule has 0 bridgehead atoms. The van der Waals surface area contributed by atoms with E-state index in [1.54, 1.807) is 0 Å². The second-order valence-electron chi connectivity index (χ2n) is 8.07. The molecular formula is C22H36O4. The summed E-state index contributed by atoms with van der Waals surface area (Å²) in [6.07, 6.45) is 14.3. The van der Waals surface area contributed by atoms with Gasteiger partial charge < -0.3 is 9.47 Å². The van der Waals surface area contributed by atoms with Crippen LogP contribution in [0.25, 0.3) is 0 Å². The molecule has 2 aliphatic rings. The van der Waals surface area contributed by atoms with Crippen molar-refractivity contribution in [2.45, 2.75) is 77.6 Å². The quantitative estimate of drug-likeness (QED) is 0.326. The van der Waals surface area contributed by atoms with Crippen LogP contribution in [0, 0.1) is 23.7 Å². The van der Waals surface area contributed by atoms with Crippen molar-refractivity contribution in [1.82, 2.24) is 0 Å². The Bertz CT molecular complexity index is 443. The number of hydrogen-bond acceptors (Lipinski definition) is 4. The number of hydrogen-bond donors (Lipinski definition) is 0. The van der Waals surface area contributed by atoms with E-state index in [0.717, 1.165) is 36.7 Å². The zero-order valence-electron chi connectivity index (χ0n) is 16.4. The third-order valence-corrected chi connectivity index (χ3v) is 6.30. The molecule has 2 aliphatic carbocycles. The molecule has 0 N–H and O–H groups in total. The molecule has 0 saturated heterocycles. The highest BCUT2D eigenvalue weighted by molar-refractivity contribution is 5.81. The molecule has 0 aromatic carbocycles. The van der Waals surface area contributed by atoms with Gasteiger partial charge in [0.25, 0.3) is 0 Å². The van der Waals surface area contributed by atoms with Gasteiger partial charge in [0.05, 0.1) is 19.1 Å². The van der Waals surface area contributed by atoms with E-state index in [-0.39, 0.29) is 18.5 Å². The predicted molar refractivity (Wildman–Crippen MR) is 103 cm³/mol. The lowest BCUT2D eigenvalue weighted by molar-refractivity contribution is -0.150. The molecule has 2 fully saturated rings. The minimum Gasteiger partial charge on any atom is -0.465 e. The molecule has 0 aromatic heterocycles. The highest BCUT2D eigenvalue weighted by Gasteiger charge is 2.33. The summed E-state index contributed by atoms with van der Waals surface area (Å²) in [6.45, 7) is 6.23. The van der Waals surface area contributed by atoms with Gasteiger partial charge in [-0.1, -0.05) is 39.2 Å². The van der Waals surface area contributed by atoms with Gasteiger partial charge in [-0.05, 0) is 56.3 Å². The van der Waals surface area contributed by atoms with E-state index in [1.165, 1.54) is 51.4 Å². The van der Waals surface area contributed by atoms with Crippen LogP contribution in [0.2, 0.25) is 0 Å². The molecule has 148 valence electrons. The number of carbonyl (C=O) groups is 2. The third-order valence-electron chi connectivity index (χ3n) is 6.30. The molecule has 0 atom stereocenters. The topological polar surface area (TPSA) is 52.6 Å². The minimum absolute atomic E-state index is 0.0647. The van der Waals surface area contributed by atoms with Gasteiger partial charge in [0, 0.05) is 12.5 Å². The monoisotopic (exact) mass is 364 g/mol. The number of rotatable bonds is 9. The first kappa shape index (κ1) is 21.0. The van der Waals surface area contributed by atoms with Crippen LogP contribution in [0.3, 0.4) is 0 Å². The Balaban J connectivity index is 1.58. The Labute approximate surface area is 158 Å². The predicted octanol–water partition coefficient (Wildman–Crippen LogP) is 5.06. The van der Waals surface area contributed by atoms with E-state index in [1.807, 2.05) is 0 Å². The van der Waals surface area contributed by atoms with Crippen LogP contribution >= 0.6 is 0 Å². The summed E-state index contributed by atoms with van der Waals surface area (Å²) in [6, 6.07) is 0. The fourth-order valence-electron chi connectivity index (χ4n) is 4.76. The average Bonchev–Trinajstić information content (AvgIpc) is 2.68. The maximum atomic E-state index is 12.2. The van der Waals surface area contributed by atoms with Crippen LogP contribution in [-0.2, 0) is 19.1 Å². The van der Waals surface area contributed by atoms with Crippen molar-refractivity contribution in [1.29, 1.82) is 0 Å². The highest BCUT2D eigenvalue weighted by Crippen LogP contribution is 2.42. The average molecular weight is 365 g/mol. The molecule has 2 saturated carbocycles. The fourth-order valence-corrected chi connectivity index (χ4v) is 4.76. The summed E-state index contributed by atoms with van der Waals surface area (Å²) in [5.41, 5.74) is 0. The van der Waals surface area contributed by atoms with Crippen molar-refractivity contribution >= 4 is 11.9 Å². The molecule has 0 heterocycles. The lowest BCUT2D eigenvalue weighted by Crippen LogP contribution is -2.29. The van der Waals surface area contributed by atoms with E-state index in [9.17, 15) is 9.59 Å². The first-order valence-electron chi connectivity index (χ1n) is 10.6. The van der Waals surface area contributed by atoms with Crippen LogP contribution in [0.15, 0.2) is 12.7 Å². The van der Waals surface area contributed by atoms with Gasteiger partial charge in [-0.3, -0.25) is 4.79 Å². The molecule has 0 unspecified atom stereocenters. The van der Waals surface area contributed by atoms with Crippen LogP contribution in [0.5, 0.6) is 0 Å². The molecule has 0 amide bonds. The molecule has 26 heavy (non-hydrogen) atoms. The molecule has 0 spiro atoms. The lowest BCUT2D eigenvalue weighted by atomic mass is 9.69. The standard InChI is InChI=1S/C22H36O4/c1-3-6-17-7-9-18(10-8-17)19-11-13-20(14-12-19)22(24)26-16-5-15-25-21(23)4-2/h4,17-20H,2-3,5-16H2,1H3. The molecule has 0 radical (unpaired) electrons. The van der Waals surface area contributed by atoms with Crippen LogP contribution < -0.4 is 0 Å². The van der Waals surface area contributed by atoms with Gasteiger partial charge in [0.15, 0.2) is 0 Å². The summed E-state index contributed by atoms with van der Waals surface area (Å²) < 4.78 is 10.2. The molecular weight excluding hydrogens is 328 g/mol. The van der Waals surface area contributed by atoms with E-state index in [0.29, 0.717) is 13.0 Å². The smallest absolute Gasteiger partial charge is 0.330 e. The summed E-state index contributed by atoms with van der Waals surface area (Å²) in [5.74, 6) is 2.25. The van der Waals surface area contributed by atoms with Crippen molar-refractivity contribution in [2.75, 3.05) is 13.2 Å². The number of esters is 2. The molecule has 4 nitrogen and oxygen atoms in total. The Morgan fingerprint density at radius 3 is 2.08 bits per heavy atom. The third kappa shape index (κ3) is 6.77. The maximum absolute atomic E-state index is 12.2. The van der Waals surface area contributed by atoms with Crippen molar-refractivity contribution < 1.29 is 19.1 Å². The zero-order chi connectivity index (χ0) is 18.8. The molecule has 0 aliphatic heterocycles. The first-order chi connectivity index (χ1) is 12.6. The highest BCUT2D eigenvalue weighted by atomic mass is 16.5. The number of ether oxygens (including phenoxy) is 2. The van der Waals surface area contributed by atoms with E-state index < -0.39 is 5.97 Å². The number of carbonyl (C=O) groups excluding carboxylic acids is 2. The van der Waals surface area contributed by atoms with E-state index in [2.05, 4.69) is 13.5 Å². The van der Waals surface area contributed by atoms with Crippen LogP contribution in [0.4, 0.5) is 0 Å². The first-order valence-corrected chi connectivity index (χ1v) is 10.6.